The van der Waals surface area contributed by atoms with Gasteiger partial charge in [0.15, 0.2) is 0 Å². The van der Waals surface area contributed by atoms with Crippen LogP contribution in [0.15, 0.2) is 48.7 Å². The summed E-state index contributed by atoms with van der Waals surface area (Å²) in [6.45, 7) is 2.44. The minimum Gasteiger partial charge on any atom is -0.489 e. The first kappa shape index (κ1) is 23.6. The lowest BCUT2D eigenvalue weighted by molar-refractivity contribution is 0.0981. The summed E-state index contributed by atoms with van der Waals surface area (Å²) in [5.41, 5.74) is 2.56. The molecule has 178 valence electrons. The van der Waals surface area contributed by atoms with E-state index in [9.17, 15) is 17.6 Å². The minimum atomic E-state index is -3.74. The molecule has 1 aliphatic carbocycles. The van der Waals surface area contributed by atoms with Crippen LogP contribution >= 0.6 is 0 Å². The molecule has 0 saturated heterocycles. The van der Waals surface area contributed by atoms with Gasteiger partial charge >= 0.3 is 6.01 Å². The number of ether oxygens (including phenoxy) is 2. The zero-order valence-corrected chi connectivity index (χ0v) is 19.6. The van der Waals surface area contributed by atoms with Crippen molar-refractivity contribution in [2.24, 2.45) is 5.92 Å². The number of nitrogens with zero attached hydrogens (tertiary/aromatic N) is 2. The molecule has 10 heteroatoms. The monoisotopic (exact) mass is 485 g/mol. The minimum absolute atomic E-state index is 0.0767. The highest BCUT2D eigenvalue weighted by atomic mass is 32.2. The van der Waals surface area contributed by atoms with Gasteiger partial charge < -0.3 is 9.47 Å². The predicted octanol–water partition coefficient (Wildman–Crippen LogP) is 3.65. The molecule has 1 N–H and O–H groups in total. The van der Waals surface area contributed by atoms with Gasteiger partial charge in [-0.2, -0.15) is 4.98 Å². The number of amides is 1. The summed E-state index contributed by atoms with van der Waals surface area (Å²) in [5.74, 6) is -0.446. The lowest BCUT2D eigenvalue weighted by Crippen LogP contribution is -2.29. The van der Waals surface area contributed by atoms with Crippen LogP contribution in [0.5, 0.6) is 11.8 Å². The molecule has 0 unspecified atom stereocenters. The highest BCUT2D eigenvalue weighted by molar-refractivity contribution is 7.89. The second kappa shape index (κ2) is 9.76. The molecule has 0 radical (unpaired) electrons. The Kier molecular flexibility index (Phi) is 6.78. The van der Waals surface area contributed by atoms with Crippen molar-refractivity contribution < 1.29 is 27.1 Å². The number of benzene rings is 2. The van der Waals surface area contributed by atoms with E-state index in [1.807, 2.05) is 25.1 Å². The highest BCUT2D eigenvalue weighted by Gasteiger charge is 2.22. The van der Waals surface area contributed by atoms with Crippen LogP contribution in [-0.4, -0.2) is 37.2 Å². The lowest BCUT2D eigenvalue weighted by Gasteiger charge is -2.11. The molecule has 2 aromatic carbocycles. The van der Waals surface area contributed by atoms with Gasteiger partial charge in [0.25, 0.3) is 5.91 Å². The normalized spacial score (nSPS) is 13.4. The molecule has 8 nitrogen and oxygen atoms in total. The number of rotatable bonds is 9. The maximum atomic E-state index is 14.5. The Morgan fingerprint density at radius 3 is 2.65 bits per heavy atom. The standard InChI is InChI=1S/C24H24FN3O5S/c1-15-21(12-26-24(27-15)33-13-16-6-7-16)17-4-3-5-20(10-17)32-14-19-9-8-18(11-22(19)25)23(29)28-34(2,30)31/h3-5,8-12,16H,6-7,13-14H2,1-2H3,(H,28,29). The molecular weight excluding hydrogens is 461 g/mol. The zero-order chi connectivity index (χ0) is 24.3. The molecule has 1 fully saturated rings. The quantitative estimate of drug-likeness (QED) is 0.493. The summed E-state index contributed by atoms with van der Waals surface area (Å²) in [5, 5.41) is 0. The van der Waals surface area contributed by atoms with Crippen molar-refractivity contribution >= 4 is 15.9 Å². The van der Waals surface area contributed by atoms with Crippen molar-refractivity contribution in [3.63, 3.8) is 0 Å². The summed E-state index contributed by atoms with van der Waals surface area (Å²) >= 11 is 0. The molecule has 34 heavy (non-hydrogen) atoms. The van der Waals surface area contributed by atoms with Crippen molar-refractivity contribution in [2.75, 3.05) is 12.9 Å². The SMILES string of the molecule is Cc1nc(OCC2CC2)ncc1-c1cccc(OCc2ccc(C(=O)NS(C)(=O)=O)cc2F)c1. The Morgan fingerprint density at radius 1 is 1.18 bits per heavy atom. The van der Waals surface area contributed by atoms with Gasteiger partial charge in [0, 0.05) is 22.9 Å². The molecule has 3 aromatic rings. The van der Waals surface area contributed by atoms with Crippen LogP contribution in [0.1, 0.15) is 34.5 Å². The fourth-order valence-electron chi connectivity index (χ4n) is 3.22. The molecule has 1 aliphatic rings. The Balaban J connectivity index is 1.42. The Hall–Kier alpha value is -3.53. The van der Waals surface area contributed by atoms with E-state index in [-0.39, 0.29) is 17.7 Å². The van der Waals surface area contributed by atoms with Gasteiger partial charge in [-0.25, -0.2) is 22.5 Å². The number of sulfonamides is 1. The van der Waals surface area contributed by atoms with Gasteiger partial charge in [-0.05, 0) is 55.5 Å². The van der Waals surface area contributed by atoms with Crippen molar-refractivity contribution in [1.29, 1.82) is 0 Å². The highest BCUT2D eigenvalue weighted by Crippen LogP contribution is 2.30. The van der Waals surface area contributed by atoms with Crippen LogP contribution in [0.2, 0.25) is 0 Å². The van der Waals surface area contributed by atoms with Crippen molar-refractivity contribution in [1.82, 2.24) is 14.7 Å². The average Bonchev–Trinajstić information content (AvgIpc) is 3.60. The number of aromatic nitrogens is 2. The fraction of sp³-hybridized carbons (Fsp3) is 0.292. The first-order valence-corrected chi connectivity index (χ1v) is 12.6. The first-order chi connectivity index (χ1) is 16.2. The topological polar surface area (TPSA) is 107 Å². The number of halogens is 1. The van der Waals surface area contributed by atoms with E-state index >= 15 is 0 Å². The Morgan fingerprint density at radius 2 is 1.97 bits per heavy atom. The van der Waals surface area contributed by atoms with Crippen LogP contribution in [0.4, 0.5) is 4.39 Å². The number of nitrogens with one attached hydrogen (secondary N) is 1. The van der Waals surface area contributed by atoms with E-state index in [0.29, 0.717) is 24.3 Å². The van der Waals surface area contributed by atoms with Gasteiger partial charge in [-0.1, -0.05) is 18.2 Å². The summed E-state index contributed by atoms with van der Waals surface area (Å²) in [6.07, 6.45) is 4.94. The number of carbonyl (C=O) groups excluding carboxylic acids is 1. The van der Waals surface area contributed by atoms with E-state index < -0.39 is 21.7 Å². The van der Waals surface area contributed by atoms with Crippen LogP contribution in [0.3, 0.4) is 0 Å². The molecule has 1 heterocycles. The van der Waals surface area contributed by atoms with E-state index in [1.54, 1.807) is 17.0 Å². The third-order valence-electron chi connectivity index (χ3n) is 5.24. The molecule has 0 aliphatic heterocycles. The summed E-state index contributed by atoms with van der Waals surface area (Å²) < 4.78 is 50.0. The fourth-order valence-corrected chi connectivity index (χ4v) is 3.68. The third kappa shape index (κ3) is 6.28. The lowest BCUT2D eigenvalue weighted by atomic mass is 10.1. The van der Waals surface area contributed by atoms with E-state index in [4.69, 9.17) is 9.47 Å². The van der Waals surface area contributed by atoms with Crippen LogP contribution in [-0.2, 0) is 16.6 Å². The van der Waals surface area contributed by atoms with Gasteiger partial charge in [-0.3, -0.25) is 4.79 Å². The Bertz CT molecular complexity index is 1330. The molecular formula is C24H24FN3O5S. The molecule has 0 atom stereocenters. The number of carbonyl (C=O) groups is 1. The van der Waals surface area contributed by atoms with E-state index in [2.05, 4.69) is 9.97 Å². The second-order valence-corrected chi connectivity index (χ2v) is 9.98. The van der Waals surface area contributed by atoms with Crippen LogP contribution in [0, 0.1) is 18.7 Å². The largest absolute Gasteiger partial charge is 0.489 e. The summed E-state index contributed by atoms with van der Waals surface area (Å²) in [6, 6.07) is 11.3. The molecule has 0 spiro atoms. The third-order valence-corrected chi connectivity index (χ3v) is 5.79. The second-order valence-electron chi connectivity index (χ2n) is 8.23. The van der Waals surface area contributed by atoms with Crippen molar-refractivity contribution in [2.45, 2.75) is 26.4 Å². The predicted molar refractivity (Wildman–Crippen MR) is 123 cm³/mol. The van der Waals surface area contributed by atoms with E-state index in [0.717, 1.165) is 29.1 Å². The van der Waals surface area contributed by atoms with Gasteiger partial charge in [0.05, 0.1) is 18.6 Å². The molecule has 1 saturated carbocycles. The number of hydrogen-bond donors (Lipinski definition) is 1. The maximum Gasteiger partial charge on any atom is 0.316 e. The Labute approximate surface area is 197 Å². The van der Waals surface area contributed by atoms with E-state index in [1.165, 1.54) is 25.0 Å². The molecule has 0 bridgehead atoms. The van der Waals surface area contributed by atoms with Gasteiger partial charge in [-0.15, -0.1) is 0 Å². The average molecular weight is 486 g/mol. The number of aryl methyl sites for hydroxylation is 1. The molecule has 1 aromatic heterocycles. The van der Waals surface area contributed by atoms with Crippen LogP contribution in [0.25, 0.3) is 11.1 Å². The molecule has 1 amide bonds. The maximum absolute atomic E-state index is 14.5. The first-order valence-electron chi connectivity index (χ1n) is 10.7. The van der Waals surface area contributed by atoms with Gasteiger partial charge in [0.2, 0.25) is 10.0 Å². The summed E-state index contributed by atoms with van der Waals surface area (Å²) in [4.78, 5) is 20.6. The zero-order valence-electron chi connectivity index (χ0n) is 18.7. The van der Waals surface area contributed by atoms with Crippen molar-refractivity contribution in [3.8, 4) is 22.9 Å². The van der Waals surface area contributed by atoms with Gasteiger partial charge in [0.1, 0.15) is 18.2 Å². The smallest absolute Gasteiger partial charge is 0.316 e. The summed E-state index contributed by atoms with van der Waals surface area (Å²) in [7, 11) is -3.74. The number of hydrogen-bond acceptors (Lipinski definition) is 7. The van der Waals surface area contributed by atoms with Crippen molar-refractivity contribution in [3.05, 3.63) is 71.3 Å². The molecule has 4 rings (SSSR count). The van der Waals surface area contributed by atoms with Crippen LogP contribution < -0.4 is 14.2 Å².